The van der Waals surface area contributed by atoms with E-state index in [0.717, 1.165) is 25.0 Å². The van der Waals surface area contributed by atoms with Gasteiger partial charge in [0.15, 0.2) is 11.5 Å². The van der Waals surface area contributed by atoms with E-state index in [2.05, 4.69) is 31.1 Å². The molecule has 31 heavy (non-hydrogen) atoms. The SMILES string of the molecule is CCOc1cc(C(=O)NCC2CCCOC2C(C)(C)C)ccc1OCc1ccncc1. The lowest BCUT2D eigenvalue weighted by Gasteiger charge is -2.40. The average molecular weight is 427 g/mol. The second-order valence-corrected chi connectivity index (χ2v) is 9.01. The Balaban J connectivity index is 1.64. The number of hydrogen-bond acceptors (Lipinski definition) is 5. The average Bonchev–Trinajstić information content (AvgIpc) is 2.77. The first-order chi connectivity index (χ1) is 14.9. The molecule has 1 N–H and O–H groups in total. The minimum absolute atomic E-state index is 0.0474. The van der Waals surface area contributed by atoms with Crippen LogP contribution >= 0.6 is 0 Å². The summed E-state index contributed by atoms with van der Waals surface area (Å²) >= 11 is 0. The number of carbonyl (C=O) groups excluding carboxylic acids is 1. The normalized spacial score (nSPS) is 19.0. The lowest BCUT2D eigenvalue weighted by Crippen LogP contribution is -2.45. The number of ether oxygens (including phenoxy) is 3. The van der Waals surface area contributed by atoms with E-state index in [-0.39, 0.29) is 17.4 Å². The van der Waals surface area contributed by atoms with Crippen LogP contribution in [0.25, 0.3) is 0 Å². The molecule has 1 fully saturated rings. The number of nitrogens with one attached hydrogen (secondary N) is 1. The van der Waals surface area contributed by atoms with Crippen molar-refractivity contribution in [2.24, 2.45) is 11.3 Å². The molecular formula is C25H34N2O4. The zero-order valence-corrected chi connectivity index (χ0v) is 19.0. The van der Waals surface area contributed by atoms with Gasteiger partial charge in [0, 0.05) is 37.0 Å². The molecule has 2 unspecified atom stereocenters. The number of nitrogens with zero attached hydrogens (tertiary/aromatic N) is 1. The van der Waals surface area contributed by atoms with E-state index in [0.29, 0.717) is 42.7 Å². The van der Waals surface area contributed by atoms with Crippen LogP contribution in [0.5, 0.6) is 11.5 Å². The molecular weight excluding hydrogens is 392 g/mol. The second-order valence-electron chi connectivity index (χ2n) is 9.01. The Morgan fingerprint density at radius 1 is 1.16 bits per heavy atom. The number of rotatable bonds is 8. The van der Waals surface area contributed by atoms with Gasteiger partial charge in [-0.25, -0.2) is 0 Å². The molecule has 3 rings (SSSR count). The fourth-order valence-electron chi connectivity index (χ4n) is 4.01. The highest BCUT2D eigenvalue weighted by molar-refractivity contribution is 5.94. The molecule has 2 aromatic rings. The topological polar surface area (TPSA) is 69.7 Å². The molecule has 0 radical (unpaired) electrons. The molecule has 0 aliphatic carbocycles. The molecule has 0 bridgehead atoms. The zero-order chi connectivity index (χ0) is 22.3. The molecule has 6 heteroatoms. The van der Waals surface area contributed by atoms with E-state index in [1.54, 1.807) is 30.6 Å². The number of aromatic nitrogens is 1. The first-order valence-electron chi connectivity index (χ1n) is 11.1. The highest BCUT2D eigenvalue weighted by Crippen LogP contribution is 2.34. The van der Waals surface area contributed by atoms with Gasteiger partial charge in [0.1, 0.15) is 6.61 Å². The van der Waals surface area contributed by atoms with Crippen LogP contribution in [0.1, 0.15) is 56.5 Å². The summed E-state index contributed by atoms with van der Waals surface area (Å²) in [4.78, 5) is 16.9. The predicted octanol–water partition coefficient (Wildman–Crippen LogP) is 4.63. The van der Waals surface area contributed by atoms with Gasteiger partial charge in [-0.2, -0.15) is 0 Å². The number of amides is 1. The van der Waals surface area contributed by atoms with E-state index < -0.39 is 0 Å². The Morgan fingerprint density at radius 3 is 2.65 bits per heavy atom. The molecule has 1 aliphatic rings. The van der Waals surface area contributed by atoms with Crippen LogP contribution in [0, 0.1) is 11.3 Å². The molecule has 168 valence electrons. The van der Waals surface area contributed by atoms with Gasteiger partial charge in [-0.05, 0) is 61.1 Å². The van der Waals surface area contributed by atoms with Crippen molar-refractivity contribution in [3.63, 3.8) is 0 Å². The standard InChI is InChI=1S/C25H34N2O4/c1-5-29-22-15-19(8-9-21(22)31-17-18-10-12-26-13-11-18)24(28)27-16-20-7-6-14-30-23(20)25(2,3)4/h8-13,15,20,23H,5-7,14,16-17H2,1-4H3,(H,27,28). The number of hydrogen-bond donors (Lipinski definition) is 1. The quantitative estimate of drug-likeness (QED) is 0.666. The molecule has 1 aliphatic heterocycles. The Morgan fingerprint density at radius 2 is 1.94 bits per heavy atom. The van der Waals surface area contributed by atoms with Crippen molar-refractivity contribution in [2.45, 2.75) is 53.2 Å². The van der Waals surface area contributed by atoms with Crippen molar-refractivity contribution < 1.29 is 19.0 Å². The van der Waals surface area contributed by atoms with E-state index in [4.69, 9.17) is 14.2 Å². The summed E-state index contributed by atoms with van der Waals surface area (Å²) in [5.41, 5.74) is 1.62. The fraction of sp³-hybridized carbons (Fsp3) is 0.520. The van der Waals surface area contributed by atoms with Gasteiger partial charge in [-0.3, -0.25) is 9.78 Å². The predicted molar refractivity (Wildman–Crippen MR) is 120 cm³/mol. The summed E-state index contributed by atoms with van der Waals surface area (Å²) in [6.07, 6.45) is 5.71. The van der Waals surface area contributed by atoms with Crippen molar-refractivity contribution in [1.29, 1.82) is 0 Å². The van der Waals surface area contributed by atoms with Crippen LogP contribution < -0.4 is 14.8 Å². The smallest absolute Gasteiger partial charge is 0.251 e. The van der Waals surface area contributed by atoms with Crippen LogP contribution in [0.2, 0.25) is 0 Å². The van der Waals surface area contributed by atoms with Crippen LogP contribution in [-0.4, -0.2) is 36.8 Å². The summed E-state index contributed by atoms with van der Waals surface area (Å²) in [6.45, 7) is 10.8. The van der Waals surface area contributed by atoms with Crippen molar-refractivity contribution in [1.82, 2.24) is 10.3 Å². The van der Waals surface area contributed by atoms with Crippen LogP contribution in [0.3, 0.4) is 0 Å². The van der Waals surface area contributed by atoms with Gasteiger partial charge in [0.05, 0.1) is 12.7 Å². The summed E-state index contributed by atoms with van der Waals surface area (Å²) in [5, 5.41) is 3.10. The van der Waals surface area contributed by atoms with Gasteiger partial charge in [-0.1, -0.05) is 20.8 Å². The first kappa shape index (κ1) is 23.1. The highest BCUT2D eigenvalue weighted by Gasteiger charge is 2.35. The molecule has 6 nitrogen and oxygen atoms in total. The summed E-state index contributed by atoms with van der Waals surface area (Å²) in [6, 6.07) is 9.13. The number of carbonyl (C=O) groups is 1. The van der Waals surface area contributed by atoms with E-state index in [9.17, 15) is 4.79 Å². The van der Waals surface area contributed by atoms with Crippen LogP contribution in [0.4, 0.5) is 0 Å². The Hall–Kier alpha value is -2.60. The summed E-state index contributed by atoms with van der Waals surface area (Å²) < 4.78 is 17.7. The van der Waals surface area contributed by atoms with Gasteiger partial charge in [-0.15, -0.1) is 0 Å². The van der Waals surface area contributed by atoms with Crippen molar-refractivity contribution in [3.8, 4) is 11.5 Å². The lowest BCUT2D eigenvalue weighted by molar-refractivity contribution is -0.0839. The van der Waals surface area contributed by atoms with Crippen LogP contribution in [0.15, 0.2) is 42.7 Å². The molecule has 1 saturated heterocycles. The summed E-state index contributed by atoms with van der Waals surface area (Å²) in [7, 11) is 0. The molecule has 0 saturated carbocycles. The third-order valence-electron chi connectivity index (χ3n) is 5.47. The maximum atomic E-state index is 12.8. The highest BCUT2D eigenvalue weighted by atomic mass is 16.5. The Labute approximate surface area is 185 Å². The van der Waals surface area contributed by atoms with Gasteiger partial charge in [0.2, 0.25) is 0 Å². The molecule has 1 amide bonds. The van der Waals surface area contributed by atoms with Crippen molar-refractivity contribution >= 4 is 5.91 Å². The molecule has 0 spiro atoms. The van der Waals surface area contributed by atoms with Gasteiger partial charge >= 0.3 is 0 Å². The number of pyridine rings is 1. The lowest BCUT2D eigenvalue weighted by atomic mass is 9.78. The van der Waals surface area contributed by atoms with Gasteiger partial charge in [0.25, 0.3) is 5.91 Å². The zero-order valence-electron chi connectivity index (χ0n) is 19.0. The third-order valence-corrected chi connectivity index (χ3v) is 5.47. The minimum Gasteiger partial charge on any atom is -0.490 e. The van der Waals surface area contributed by atoms with Crippen molar-refractivity contribution in [2.75, 3.05) is 19.8 Å². The van der Waals surface area contributed by atoms with E-state index >= 15 is 0 Å². The maximum absolute atomic E-state index is 12.8. The van der Waals surface area contributed by atoms with E-state index in [1.165, 1.54) is 0 Å². The molecule has 2 heterocycles. The minimum atomic E-state index is -0.111. The maximum Gasteiger partial charge on any atom is 0.251 e. The largest absolute Gasteiger partial charge is 0.490 e. The third kappa shape index (κ3) is 6.44. The van der Waals surface area contributed by atoms with Crippen LogP contribution in [-0.2, 0) is 11.3 Å². The molecule has 1 aromatic carbocycles. The van der Waals surface area contributed by atoms with Gasteiger partial charge < -0.3 is 19.5 Å². The Bertz CT molecular complexity index is 848. The fourth-order valence-corrected chi connectivity index (χ4v) is 4.01. The summed E-state index contributed by atoms with van der Waals surface area (Å²) in [5.74, 6) is 1.38. The number of benzene rings is 1. The molecule has 2 atom stereocenters. The molecule has 1 aromatic heterocycles. The first-order valence-corrected chi connectivity index (χ1v) is 11.1. The monoisotopic (exact) mass is 426 g/mol. The second kappa shape index (κ2) is 10.6. The Kier molecular flexibility index (Phi) is 7.91. The van der Waals surface area contributed by atoms with E-state index in [1.807, 2.05) is 19.1 Å². The van der Waals surface area contributed by atoms with Crippen molar-refractivity contribution in [3.05, 3.63) is 53.9 Å².